The fourth-order valence-electron chi connectivity index (χ4n) is 1.70. The van der Waals surface area contributed by atoms with E-state index < -0.39 is 0 Å². The van der Waals surface area contributed by atoms with Gasteiger partial charge in [0.15, 0.2) is 0 Å². The van der Waals surface area contributed by atoms with Crippen LogP contribution in [0.25, 0.3) is 0 Å². The van der Waals surface area contributed by atoms with Crippen molar-refractivity contribution in [3.63, 3.8) is 0 Å². The molecule has 1 aromatic heterocycles. The molecule has 2 aromatic rings. The molecule has 1 aromatic carbocycles. The summed E-state index contributed by atoms with van der Waals surface area (Å²) in [6.45, 7) is 6.27. The van der Waals surface area contributed by atoms with Gasteiger partial charge in [0.2, 0.25) is 11.8 Å². The van der Waals surface area contributed by atoms with E-state index in [4.69, 9.17) is 15.2 Å². The van der Waals surface area contributed by atoms with Crippen molar-refractivity contribution in [2.24, 2.45) is 0 Å². The number of hydrogen-bond acceptors (Lipinski definition) is 5. The molecule has 2 N–H and O–H groups in total. The monoisotopic (exact) mass is 259 g/mol. The van der Waals surface area contributed by atoms with Crippen molar-refractivity contribution in [1.29, 1.82) is 0 Å². The Balaban J connectivity index is 2.30. The molecule has 0 radical (unpaired) electrons. The van der Waals surface area contributed by atoms with Crippen molar-refractivity contribution in [2.45, 2.75) is 20.8 Å². The number of nitrogen functional groups attached to an aromatic ring is 1. The third-order valence-electron chi connectivity index (χ3n) is 2.68. The molecule has 0 spiro atoms. The average molecular weight is 259 g/mol. The Morgan fingerprint density at radius 1 is 1.16 bits per heavy atom. The quantitative estimate of drug-likeness (QED) is 0.855. The SMILES string of the molecule is CCOc1ncnc(Oc2ccc(N)cc2C)c1C. The number of anilines is 1. The molecule has 5 heteroatoms. The fraction of sp³-hybridized carbons (Fsp3) is 0.286. The Morgan fingerprint density at radius 2 is 1.89 bits per heavy atom. The van der Waals surface area contributed by atoms with Crippen molar-refractivity contribution in [3.05, 3.63) is 35.7 Å². The smallest absolute Gasteiger partial charge is 0.229 e. The number of rotatable bonds is 4. The average Bonchev–Trinajstić information content (AvgIpc) is 2.37. The summed E-state index contributed by atoms with van der Waals surface area (Å²) in [6, 6.07) is 5.48. The molecule has 0 fully saturated rings. The van der Waals surface area contributed by atoms with Crippen LogP contribution in [0.5, 0.6) is 17.5 Å². The van der Waals surface area contributed by atoms with Gasteiger partial charge in [0.1, 0.15) is 12.1 Å². The lowest BCUT2D eigenvalue weighted by Gasteiger charge is -2.12. The molecule has 100 valence electrons. The molecular weight excluding hydrogens is 242 g/mol. The van der Waals surface area contributed by atoms with E-state index in [0.29, 0.717) is 24.1 Å². The topological polar surface area (TPSA) is 70.3 Å². The molecule has 0 bridgehead atoms. The van der Waals surface area contributed by atoms with E-state index in [2.05, 4.69) is 9.97 Å². The Labute approximate surface area is 112 Å². The summed E-state index contributed by atoms with van der Waals surface area (Å²) >= 11 is 0. The van der Waals surface area contributed by atoms with E-state index >= 15 is 0 Å². The molecule has 0 unspecified atom stereocenters. The summed E-state index contributed by atoms with van der Waals surface area (Å²) in [7, 11) is 0. The summed E-state index contributed by atoms with van der Waals surface area (Å²) in [5, 5.41) is 0. The van der Waals surface area contributed by atoms with Crippen molar-refractivity contribution < 1.29 is 9.47 Å². The van der Waals surface area contributed by atoms with Crippen LogP contribution in [0.15, 0.2) is 24.5 Å². The summed E-state index contributed by atoms with van der Waals surface area (Å²) < 4.78 is 11.2. The standard InChI is InChI=1S/C14H17N3O2/c1-4-18-13-10(3)14(17-8-16-13)19-12-6-5-11(15)7-9(12)2/h5-8H,4,15H2,1-3H3. The van der Waals surface area contributed by atoms with Gasteiger partial charge in [-0.2, -0.15) is 0 Å². The van der Waals surface area contributed by atoms with Gasteiger partial charge in [-0.3, -0.25) is 0 Å². The van der Waals surface area contributed by atoms with E-state index in [0.717, 1.165) is 16.9 Å². The molecule has 19 heavy (non-hydrogen) atoms. The lowest BCUT2D eigenvalue weighted by Crippen LogP contribution is -2.01. The van der Waals surface area contributed by atoms with Crippen LogP contribution in [-0.4, -0.2) is 16.6 Å². The van der Waals surface area contributed by atoms with Crippen LogP contribution in [0, 0.1) is 13.8 Å². The fourth-order valence-corrected chi connectivity index (χ4v) is 1.70. The first kappa shape index (κ1) is 13.1. The maximum Gasteiger partial charge on any atom is 0.229 e. The van der Waals surface area contributed by atoms with E-state index in [1.54, 1.807) is 6.07 Å². The van der Waals surface area contributed by atoms with Crippen molar-refractivity contribution in [3.8, 4) is 17.5 Å². The highest BCUT2D eigenvalue weighted by Gasteiger charge is 2.11. The molecule has 0 aliphatic carbocycles. The number of aryl methyl sites for hydroxylation is 1. The van der Waals surface area contributed by atoms with E-state index in [9.17, 15) is 0 Å². The Morgan fingerprint density at radius 3 is 2.58 bits per heavy atom. The zero-order chi connectivity index (χ0) is 13.8. The highest BCUT2D eigenvalue weighted by Crippen LogP contribution is 2.29. The minimum atomic E-state index is 0.492. The van der Waals surface area contributed by atoms with Gasteiger partial charge >= 0.3 is 0 Å². The molecule has 0 amide bonds. The third-order valence-corrected chi connectivity index (χ3v) is 2.68. The summed E-state index contributed by atoms with van der Waals surface area (Å²) in [4.78, 5) is 8.21. The number of aromatic nitrogens is 2. The lowest BCUT2D eigenvalue weighted by atomic mass is 10.2. The van der Waals surface area contributed by atoms with Crippen LogP contribution >= 0.6 is 0 Å². The molecule has 0 aliphatic rings. The van der Waals surface area contributed by atoms with Crippen LogP contribution in [0.3, 0.4) is 0 Å². The first-order valence-corrected chi connectivity index (χ1v) is 6.10. The summed E-state index contributed by atoms with van der Waals surface area (Å²) in [6.07, 6.45) is 1.43. The zero-order valence-electron chi connectivity index (χ0n) is 11.3. The predicted octanol–water partition coefficient (Wildman–Crippen LogP) is 2.87. The second-order valence-electron chi connectivity index (χ2n) is 4.17. The molecule has 5 nitrogen and oxygen atoms in total. The zero-order valence-corrected chi connectivity index (χ0v) is 11.3. The van der Waals surface area contributed by atoms with Crippen LogP contribution in [-0.2, 0) is 0 Å². The van der Waals surface area contributed by atoms with Gasteiger partial charge in [-0.15, -0.1) is 0 Å². The van der Waals surface area contributed by atoms with Gasteiger partial charge in [0, 0.05) is 5.69 Å². The number of hydrogen-bond donors (Lipinski definition) is 1. The first-order valence-electron chi connectivity index (χ1n) is 6.10. The molecule has 0 saturated heterocycles. The van der Waals surface area contributed by atoms with Crippen LogP contribution < -0.4 is 15.2 Å². The van der Waals surface area contributed by atoms with Crippen molar-refractivity contribution in [1.82, 2.24) is 9.97 Å². The van der Waals surface area contributed by atoms with Gasteiger partial charge in [0.05, 0.1) is 12.2 Å². The van der Waals surface area contributed by atoms with Gasteiger partial charge in [-0.1, -0.05) is 0 Å². The van der Waals surface area contributed by atoms with Gasteiger partial charge < -0.3 is 15.2 Å². The largest absolute Gasteiger partial charge is 0.478 e. The number of benzene rings is 1. The molecule has 0 aliphatic heterocycles. The lowest BCUT2D eigenvalue weighted by molar-refractivity contribution is 0.319. The molecule has 0 saturated carbocycles. The number of nitrogens with zero attached hydrogens (tertiary/aromatic N) is 2. The Hall–Kier alpha value is -2.30. The van der Waals surface area contributed by atoms with Crippen LogP contribution in [0.1, 0.15) is 18.1 Å². The molecule has 0 atom stereocenters. The Bertz CT molecular complexity index is 585. The van der Waals surface area contributed by atoms with Crippen molar-refractivity contribution in [2.75, 3.05) is 12.3 Å². The normalized spacial score (nSPS) is 10.3. The maximum absolute atomic E-state index is 5.80. The molecular formula is C14H17N3O2. The van der Waals surface area contributed by atoms with Crippen LogP contribution in [0.2, 0.25) is 0 Å². The number of nitrogens with two attached hydrogens (primary N) is 1. The van der Waals surface area contributed by atoms with Crippen molar-refractivity contribution >= 4 is 5.69 Å². The van der Waals surface area contributed by atoms with Crippen LogP contribution in [0.4, 0.5) is 5.69 Å². The molecule has 1 heterocycles. The first-order chi connectivity index (χ1) is 9.11. The summed E-state index contributed by atoms with van der Waals surface area (Å²) in [5.74, 6) is 1.75. The predicted molar refractivity (Wildman–Crippen MR) is 73.6 cm³/mol. The van der Waals surface area contributed by atoms with E-state index in [1.165, 1.54) is 6.33 Å². The van der Waals surface area contributed by atoms with Gasteiger partial charge in [-0.25, -0.2) is 9.97 Å². The minimum Gasteiger partial charge on any atom is -0.478 e. The minimum absolute atomic E-state index is 0.492. The highest BCUT2D eigenvalue weighted by atomic mass is 16.5. The second kappa shape index (κ2) is 5.56. The summed E-state index contributed by atoms with van der Waals surface area (Å²) in [5.41, 5.74) is 8.15. The van der Waals surface area contributed by atoms with E-state index in [1.807, 2.05) is 32.9 Å². The highest BCUT2D eigenvalue weighted by molar-refractivity contribution is 5.48. The number of ether oxygens (including phenoxy) is 2. The van der Waals surface area contributed by atoms with Gasteiger partial charge in [0.25, 0.3) is 0 Å². The van der Waals surface area contributed by atoms with E-state index in [-0.39, 0.29) is 0 Å². The third kappa shape index (κ3) is 2.93. The molecule has 2 rings (SSSR count). The maximum atomic E-state index is 5.80. The second-order valence-corrected chi connectivity index (χ2v) is 4.17. The van der Waals surface area contributed by atoms with Gasteiger partial charge in [-0.05, 0) is 44.5 Å². The Kier molecular flexibility index (Phi) is 3.85.